The lowest BCUT2D eigenvalue weighted by Crippen LogP contribution is -2.30. The van der Waals surface area contributed by atoms with Gasteiger partial charge >= 0.3 is 6.18 Å². The van der Waals surface area contributed by atoms with Gasteiger partial charge in [-0.1, -0.05) is 0 Å². The molecule has 0 spiro atoms. The predicted molar refractivity (Wildman–Crippen MR) is 76.7 cm³/mol. The van der Waals surface area contributed by atoms with E-state index in [1.807, 2.05) is 0 Å². The van der Waals surface area contributed by atoms with Crippen molar-refractivity contribution in [1.82, 2.24) is 5.32 Å². The molecule has 0 aliphatic heterocycles. The van der Waals surface area contributed by atoms with E-state index in [1.165, 1.54) is 12.1 Å². The first kappa shape index (κ1) is 17.7. The van der Waals surface area contributed by atoms with Crippen molar-refractivity contribution in [2.75, 3.05) is 17.6 Å². The number of hydrogen-bond donors (Lipinski definition) is 3. The Morgan fingerprint density at radius 3 is 2.29 bits per heavy atom. The van der Waals surface area contributed by atoms with Gasteiger partial charge in [-0.3, -0.25) is 4.55 Å². The van der Waals surface area contributed by atoms with Crippen molar-refractivity contribution < 1.29 is 26.1 Å². The Hall–Kier alpha value is -1.39. The molecule has 0 fully saturated rings. The fourth-order valence-corrected chi connectivity index (χ4v) is 2.10. The first-order valence-electron chi connectivity index (χ1n) is 5.75. The fraction of sp³-hybridized carbons (Fsp3) is 0.364. The lowest BCUT2D eigenvalue weighted by atomic mass is 10.2. The number of thiocarbonyl (C=S) groups is 1. The number of hydrogen-bond acceptors (Lipinski definition) is 3. The molecule has 1 aromatic carbocycles. The Kier molecular flexibility index (Phi) is 5.93. The third-order valence-electron chi connectivity index (χ3n) is 2.33. The molecule has 1 aromatic rings. The Labute approximate surface area is 125 Å². The molecular weight excluding hydrogens is 329 g/mol. The van der Waals surface area contributed by atoms with E-state index < -0.39 is 27.6 Å². The second-order valence-electron chi connectivity index (χ2n) is 4.10. The van der Waals surface area contributed by atoms with Crippen LogP contribution in [0.3, 0.4) is 0 Å². The van der Waals surface area contributed by atoms with Crippen molar-refractivity contribution in [3.63, 3.8) is 0 Å². The molecule has 0 amide bonds. The molecule has 0 unspecified atom stereocenters. The molecule has 0 aliphatic carbocycles. The topological polar surface area (TPSA) is 78.4 Å². The van der Waals surface area contributed by atoms with Gasteiger partial charge < -0.3 is 10.6 Å². The van der Waals surface area contributed by atoms with E-state index in [1.54, 1.807) is 0 Å². The van der Waals surface area contributed by atoms with Crippen LogP contribution in [-0.2, 0) is 16.3 Å². The summed E-state index contributed by atoms with van der Waals surface area (Å²) in [6.07, 6.45) is -4.25. The molecule has 0 radical (unpaired) electrons. The van der Waals surface area contributed by atoms with Crippen LogP contribution in [0.1, 0.15) is 12.0 Å². The van der Waals surface area contributed by atoms with Crippen molar-refractivity contribution in [2.45, 2.75) is 12.6 Å². The summed E-state index contributed by atoms with van der Waals surface area (Å²) in [5.74, 6) is -0.400. The average Bonchev–Trinajstić information content (AvgIpc) is 2.33. The first-order chi connectivity index (χ1) is 9.58. The summed E-state index contributed by atoms with van der Waals surface area (Å²) in [5.41, 5.74) is -0.393. The maximum atomic E-state index is 12.4. The Morgan fingerprint density at radius 1 is 1.24 bits per heavy atom. The quantitative estimate of drug-likeness (QED) is 0.433. The molecule has 0 saturated heterocycles. The van der Waals surface area contributed by atoms with E-state index in [0.29, 0.717) is 5.69 Å². The summed E-state index contributed by atoms with van der Waals surface area (Å²) < 4.78 is 66.5. The van der Waals surface area contributed by atoms with E-state index in [9.17, 15) is 21.6 Å². The smallest absolute Gasteiger partial charge is 0.362 e. The number of rotatable bonds is 5. The summed E-state index contributed by atoms with van der Waals surface area (Å²) in [7, 11) is -4.01. The highest BCUT2D eigenvalue weighted by molar-refractivity contribution is 7.85. The Bertz CT molecular complexity index is 586. The molecule has 118 valence electrons. The largest absolute Gasteiger partial charge is 0.416 e. The second-order valence-corrected chi connectivity index (χ2v) is 6.08. The third-order valence-corrected chi connectivity index (χ3v) is 3.39. The van der Waals surface area contributed by atoms with Crippen LogP contribution in [-0.4, -0.2) is 30.4 Å². The molecular formula is C11H13F3N2O3S2. The van der Waals surface area contributed by atoms with Gasteiger partial charge in [-0.2, -0.15) is 21.6 Å². The van der Waals surface area contributed by atoms with Gasteiger partial charge in [-0.25, -0.2) is 0 Å². The number of benzene rings is 1. The van der Waals surface area contributed by atoms with E-state index in [-0.39, 0.29) is 18.1 Å². The van der Waals surface area contributed by atoms with Crippen LogP contribution >= 0.6 is 12.2 Å². The predicted octanol–water partition coefficient (Wildman–Crippen LogP) is 2.27. The fourth-order valence-electron chi connectivity index (χ4n) is 1.37. The number of nitrogens with one attached hydrogen (secondary N) is 2. The van der Waals surface area contributed by atoms with E-state index in [0.717, 1.165) is 12.1 Å². The minimum absolute atomic E-state index is 0.144. The highest BCUT2D eigenvalue weighted by Gasteiger charge is 2.29. The molecule has 0 atom stereocenters. The van der Waals surface area contributed by atoms with Crippen LogP contribution in [0.15, 0.2) is 24.3 Å². The molecule has 3 N–H and O–H groups in total. The molecule has 0 heterocycles. The van der Waals surface area contributed by atoms with Crippen molar-refractivity contribution in [2.24, 2.45) is 0 Å². The van der Waals surface area contributed by atoms with Crippen LogP contribution in [0.25, 0.3) is 0 Å². The summed E-state index contributed by atoms with van der Waals surface area (Å²) in [4.78, 5) is 0. The zero-order valence-electron chi connectivity index (χ0n) is 10.6. The highest BCUT2D eigenvalue weighted by Crippen LogP contribution is 2.29. The minimum atomic E-state index is -4.40. The monoisotopic (exact) mass is 342 g/mol. The van der Waals surface area contributed by atoms with Gasteiger partial charge in [-0.15, -0.1) is 0 Å². The second kappa shape index (κ2) is 7.05. The molecule has 0 saturated carbocycles. The first-order valence-corrected chi connectivity index (χ1v) is 7.77. The van der Waals surface area contributed by atoms with Crippen LogP contribution in [0.5, 0.6) is 0 Å². The maximum Gasteiger partial charge on any atom is 0.416 e. The van der Waals surface area contributed by atoms with Crippen LogP contribution in [0.2, 0.25) is 0 Å². The zero-order chi connectivity index (χ0) is 16.1. The minimum Gasteiger partial charge on any atom is -0.362 e. The maximum absolute atomic E-state index is 12.4. The molecule has 0 bridgehead atoms. The summed E-state index contributed by atoms with van der Waals surface area (Å²) >= 11 is 4.89. The van der Waals surface area contributed by atoms with E-state index in [4.69, 9.17) is 16.8 Å². The van der Waals surface area contributed by atoms with Gasteiger partial charge in [0.25, 0.3) is 10.1 Å². The van der Waals surface area contributed by atoms with Crippen molar-refractivity contribution in [1.29, 1.82) is 0 Å². The van der Waals surface area contributed by atoms with E-state index >= 15 is 0 Å². The van der Waals surface area contributed by atoms with Gasteiger partial charge in [0, 0.05) is 12.2 Å². The van der Waals surface area contributed by atoms with Crippen LogP contribution < -0.4 is 10.6 Å². The molecule has 21 heavy (non-hydrogen) atoms. The summed E-state index contributed by atoms with van der Waals surface area (Å²) in [6, 6.07) is 4.30. The van der Waals surface area contributed by atoms with Crippen molar-refractivity contribution >= 4 is 33.1 Å². The number of alkyl halides is 3. The SMILES string of the molecule is O=S(=O)(O)CCCNC(=S)Nc1ccc(C(F)(F)F)cc1. The molecule has 10 heteroatoms. The standard InChI is InChI=1S/C11H13F3N2O3S2/c12-11(13,14)8-2-4-9(5-3-8)16-10(20)15-6-1-7-21(17,18)19/h2-5H,1,6-7H2,(H2,15,16,20)(H,17,18,19). The lowest BCUT2D eigenvalue weighted by molar-refractivity contribution is -0.137. The van der Waals surface area contributed by atoms with Crippen molar-refractivity contribution in [3.05, 3.63) is 29.8 Å². The molecule has 0 aliphatic rings. The van der Waals surface area contributed by atoms with Crippen LogP contribution in [0.4, 0.5) is 18.9 Å². The molecule has 0 aromatic heterocycles. The van der Waals surface area contributed by atoms with Gasteiger partial charge in [0.2, 0.25) is 0 Å². The highest BCUT2D eigenvalue weighted by atomic mass is 32.2. The number of halogens is 3. The lowest BCUT2D eigenvalue weighted by Gasteiger charge is -2.11. The van der Waals surface area contributed by atoms with E-state index in [2.05, 4.69) is 10.6 Å². The molecule has 5 nitrogen and oxygen atoms in total. The molecule has 1 rings (SSSR count). The summed E-state index contributed by atoms with van der Waals surface area (Å²) in [5, 5.41) is 5.47. The average molecular weight is 342 g/mol. The Balaban J connectivity index is 2.41. The zero-order valence-corrected chi connectivity index (χ0v) is 12.3. The van der Waals surface area contributed by atoms with Crippen LogP contribution in [0, 0.1) is 0 Å². The number of anilines is 1. The van der Waals surface area contributed by atoms with Gasteiger partial charge in [0.15, 0.2) is 5.11 Å². The van der Waals surface area contributed by atoms with Gasteiger partial charge in [-0.05, 0) is 42.9 Å². The normalized spacial score (nSPS) is 12.0. The third kappa shape index (κ3) is 7.25. The summed E-state index contributed by atoms with van der Waals surface area (Å²) in [6.45, 7) is 0.201. The van der Waals surface area contributed by atoms with Crippen molar-refractivity contribution in [3.8, 4) is 0 Å². The Morgan fingerprint density at radius 2 is 1.81 bits per heavy atom. The van der Waals surface area contributed by atoms with Gasteiger partial charge in [0.1, 0.15) is 0 Å². The van der Waals surface area contributed by atoms with Gasteiger partial charge in [0.05, 0.1) is 11.3 Å².